The lowest BCUT2D eigenvalue weighted by Gasteiger charge is -2.40. The lowest BCUT2D eigenvalue weighted by Crippen LogP contribution is -2.54. The van der Waals surface area contributed by atoms with Crippen molar-refractivity contribution in [3.05, 3.63) is 58.2 Å². The summed E-state index contributed by atoms with van der Waals surface area (Å²) in [7, 11) is -4.59. The third-order valence-corrected chi connectivity index (χ3v) is 7.04. The summed E-state index contributed by atoms with van der Waals surface area (Å²) in [5.41, 5.74) is 6.71. The number of halogens is 4. The maximum atomic E-state index is 12.9. The average molecular weight is 440 g/mol. The van der Waals surface area contributed by atoms with Crippen LogP contribution in [0.5, 0.6) is 0 Å². The van der Waals surface area contributed by atoms with Gasteiger partial charge in [0, 0.05) is 22.2 Å². The summed E-state index contributed by atoms with van der Waals surface area (Å²) in [5.74, 6) is -1.89. The van der Waals surface area contributed by atoms with E-state index in [1.807, 2.05) is 0 Å². The molecule has 0 saturated carbocycles. The molecule has 1 aliphatic heterocycles. The molecule has 1 aromatic rings. The van der Waals surface area contributed by atoms with Gasteiger partial charge in [-0.25, -0.2) is 0 Å². The van der Waals surface area contributed by atoms with Crippen LogP contribution >= 0.6 is 15.9 Å². The van der Waals surface area contributed by atoms with Gasteiger partial charge in [0.25, 0.3) is 0 Å². The highest BCUT2D eigenvalue weighted by molar-refractivity contribution is 9.10. The van der Waals surface area contributed by atoms with Gasteiger partial charge in [-0.1, -0.05) is 34.1 Å². The molecule has 0 aliphatic carbocycles. The van der Waals surface area contributed by atoms with Crippen LogP contribution in [-0.4, -0.2) is 37.3 Å². The number of rotatable bonds is 5. The molecule has 0 bridgehead atoms. The van der Waals surface area contributed by atoms with E-state index < -0.39 is 31.9 Å². The van der Waals surface area contributed by atoms with Gasteiger partial charge < -0.3 is 5.73 Å². The zero-order chi connectivity index (χ0) is 18.9. The van der Waals surface area contributed by atoms with E-state index in [9.17, 15) is 21.6 Å². The fraction of sp³-hybridized carbons (Fsp3) is 0.375. The lowest BCUT2D eigenvalue weighted by molar-refractivity contribution is -0.780. The van der Waals surface area contributed by atoms with Crippen molar-refractivity contribution < 1.29 is 25.5 Å². The summed E-state index contributed by atoms with van der Waals surface area (Å²) >= 11 is 3.29. The van der Waals surface area contributed by atoms with Crippen LogP contribution in [0, 0.1) is 0 Å². The van der Waals surface area contributed by atoms with Crippen molar-refractivity contribution in [2.24, 2.45) is 5.73 Å². The molecule has 2 unspecified atom stereocenters. The second-order valence-electron chi connectivity index (χ2n) is 5.92. The van der Waals surface area contributed by atoms with Gasteiger partial charge >= 0.3 is 16.2 Å². The highest BCUT2D eigenvalue weighted by Gasteiger charge is 2.51. The average Bonchev–Trinajstić information content (AvgIpc) is 2.52. The zero-order valence-corrected chi connectivity index (χ0v) is 15.9. The number of hydrogen-bond donors (Lipinski definition) is 1. The van der Waals surface area contributed by atoms with Crippen molar-refractivity contribution in [3.8, 4) is 0 Å². The fourth-order valence-corrected chi connectivity index (χ4v) is 5.02. The van der Waals surface area contributed by atoms with Crippen LogP contribution in [0.4, 0.5) is 13.2 Å². The number of benzene rings is 1. The van der Waals surface area contributed by atoms with Crippen LogP contribution in [0.3, 0.4) is 0 Å². The lowest BCUT2D eigenvalue weighted by atomic mass is 10.1. The third kappa shape index (κ3) is 4.33. The normalized spacial score (nSPS) is 22.6. The topological polar surface area (TPSA) is 60.2 Å². The van der Waals surface area contributed by atoms with E-state index >= 15 is 0 Å². The summed E-state index contributed by atoms with van der Waals surface area (Å²) < 4.78 is 64.3. The maximum Gasteiger partial charge on any atom is 0.408 e. The highest BCUT2D eigenvalue weighted by Crippen LogP contribution is 2.38. The molecule has 0 saturated heterocycles. The monoisotopic (exact) mass is 439 g/mol. The molecule has 0 aromatic heterocycles. The van der Waals surface area contributed by atoms with Crippen LogP contribution in [-0.2, 0) is 10.0 Å². The summed E-state index contributed by atoms with van der Waals surface area (Å²) in [4.78, 5) is 0. The zero-order valence-electron chi connectivity index (χ0n) is 13.5. The predicted octanol–water partition coefficient (Wildman–Crippen LogP) is 3.63. The largest absolute Gasteiger partial charge is 0.408 e. The van der Waals surface area contributed by atoms with E-state index in [1.165, 1.54) is 6.20 Å². The minimum Gasteiger partial charge on any atom is -0.326 e. The molecular formula is C16H19BrF3N2O2S+. The van der Waals surface area contributed by atoms with Crippen LogP contribution in [0.25, 0.3) is 0 Å². The van der Waals surface area contributed by atoms with E-state index in [4.69, 9.17) is 5.73 Å². The molecule has 25 heavy (non-hydrogen) atoms. The first-order valence-electron chi connectivity index (χ1n) is 7.51. The molecule has 2 rings (SSSR count). The first kappa shape index (κ1) is 20.2. The second-order valence-corrected chi connectivity index (χ2v) is 8.96. The summed E-state index contributed by atoms with van der Waals surface area (Å²) in [6.45, 7) is 1.57. The first-order chi connectivity index (χ1) is 11.5. The number of alkyl halides is 3. The van der Waals surface area contributed by atoms with Crippen molar-refractivity contribution in [3.63, 3.8) is 0 Å². The molecule has 1 aromatic carbocycles. The molecule has 138 valence electrons. The standard InChI is InChI=1S/C16H19BrF3N2O2S/c1-12(14-4-6-15(17)7-5-14)22(8-2-3-13(9-21)10-22)25(23,24)11-16(18,19)20/h2-7,10,12H,8-9,11,21H2,1H3/q+1. The van der Waals surface area contributed by atoms with Gasteiger partial charge in [0.05, 0.1) is 0 Å². The van der Waals surface area contributed by atoms with Crippen molar-refractivity contribution in [2.75, 3.05) is 18.8 Å². The Balaban J connectivity index is 2.59. The van der Waals surface area contributed by atoms with Crippen LogP contribution in [0.2, 0.25) is 0 Å². The van der Waals surface area contributed by atoms with Crippen molar-refractivity contribution in [2.45, 2.75) is 19.1 Å². The van der Waals surface area contributed by atoms with Gasteiger partial charge in [0.15, 0.2) is 5.75 Å². The van der Waals surface area contributed by atoms with Gasteiger partial charge in [-0.3, -0.25) is 0 Å². The first-order valence-corrected chi connectivity index (χ1v) is 9.92. The van der Waals surface area contributed by atoms with Crippen molar-refractivity contribution in [1.29, 1.82) is 0 Å². The van der Waals surface area contributed by atoms with Crippen molar-refractivity contribution in [1.82, 2.24) is 0 Å². The molecular weight excluding hydrogens is 421 g/mol. The van der Waals surface area contributed by atoms with Gasteiger partial charge in [0.2, 0.25) is 0 Å². The number of quaternary nitrogens is 1. The summed E-state index contributed by atoms with van der Waals surface area (Å²) in [6.07, 6.45) is -0.269. The van der Waals surface area contributed by atoms with Crippen LogP contribution in [0.1, 0.15) is 18.5 Å². The summed E-state index contributed by atoms with van der Waals surface area (Å²) in [6, 6.07) is 6.13. The van der Waals surface area contributed by atoms with E-state index in [2.05, 4.69) is 15.9 Å². The Morgan fingerprint density at radius 3 is 2.40 bits per heavy atom. The van der Waals surface area contributed by atoms with Crippen molar-refractivity contribution >= 4 is 26.0 Å². The van der Waals surface area contributed by atoms with E-state index in [0.29, 0.717) is 11.1 Å². The molecule has 0 radical (unpaired) electrons. The Morgan fingerprint density at radius 1 is 1.28 bits per heavy atom. The van der Waals surface area contributed by atoms with Gasteiger partial charge in [-0.05, 0) is 25.1 Å². The maximum absolute atomic E-state index is 12.9. The molecule has 9 heteroatoms. The van der Waals surface area contributed by atoms with E-state index in [-0.39, 0.29) is 13.1 Å². The fourth-order valence-electron chi connectivity index (χ4n) is 2.89. The summed E-state index contributed by atoms with van der Waals surface area (Å²) in [5, 5.41) is 0. The quantitative estimate of drug-likeness (QED) is 0.712. The Morgan fingerprint density at radius 2 is 1.88 bits per heavy atom. The van der Waals surface area contributed by atoms with Gasteiger partial charge in [-0.15, -0.1) is 0 Å². The minimum absolute atomic E-state index is 0.0467. The Kier molecular flexibility index (Phi) is 5.82. The van der Waals surface area contributed by atoms with E-state index in [1.54, 1.807) is 43.3 Å². The molecule has 1 heterocycles. The van der Waals surface area contributed by atoms with Crippen LogP contribution in [0.15, 0.2) is 52.7 Å². The van der Waals surface area contributed by atoms with Gasteiger partial charge in [0.1, 0.15) is 18.8 Å². The Bertz CT molecular complexity index is 789. The minimum atomic E-state index is -4.82. The van der Waals surface area contributed by atoms with E-state index in [0.717, 1.165) is 4.47 Å². The second kappa shape index (κ2) is 7.22. The molecule has 2 atom stereocenters. The molecule has 0 spiro atoms. The van der Waals surface area contributed by atoms with Crippen LogP contribution < -0.4 is 5.73 Å². The molecule has 1 aliphatic rings. The molecule has 0 fully saturated rings. The Hall–Kier alpha value is -1.16. The van der Waals surface area contributed by atoms with Gasteiger partial charge in [-0.2, -0.15) is 25.5 Å². The number of nitrogens with zero attached hydrogens (tertiary/aromatic N) is 1. The smallest absolute Gasteiger partial charge is 0.326 e. The molecule has 2 N–H and O–H groups in total. The number of sulfonamides is 1. The number of hydrogen-bond acceptors (Lipinski definition) is 3. The Labute approximate surface area is 153 Å². The molecule has 0 amide bonds. The predicted molar refractivity (Wildman–Crippen MR) is 93.8 cm³/mol. The third-order valence-electron chi connectivity index (χ3n) is 4.21. The highest BCUT2D eigenvalue weighted by atomic mass is 79.9. The number of nitrogens with two attached hydrogens (primary N) is 1. The molecule has 4 nitrogen and oxygen atoms in total. The SMILES string of the molecule is CC(c1ccc(Br)cc1)[N+]1(S(=O)(=O)CC(F)(F)F)C=C(CN)C=CC1.